The highest BCUT2D eigenvalue weighted by Crippen LogP contribution is 2.29. The number of aromatic nitrogens is 3. The van der Waals surface area contributed by atoms with Crippen molar-refractivity contribution < 1.29 is 14.3 Å². The largest absolute Gasteiger partial charge is 0.462 e. The second-order valence-electron chi connectivity index (χ2n) is 9.04. The van der Waals surface area contributed by atoms with Gasteiger partial charge in [0.05, 0.1) is 12.0 Å². The van der Waals surface area contributed by atoms with Gasteiger partial charge in [0.1, 0.15) is 16.9 Å². The lowest BCUT2D eigenvalue weighted by Gasteiger charge is -2.26. The van der Waals surface area contributed by atoms with Crippen LogP contribution >= 0.6 is 0 Å². The highest BCUT2D eigenvalue weighted by atomic mass is 16.5. The molecule has 0 bridgehead atoms. The minimum absolute atomic E-state index is 0.0617. The van der Waals surface area contributed by atoms with Crippen molar-refractivity contribution in [2.45, 2.75) is 45.1 Å². The van der Waals surface area contributed by atoms with Crippen LogP contribution in [-0.2, 0) is 9.53 Å². The van der Waals surface area contributed by atoms with E-state index in [-0.39, 0.29) is 34.6 Å². The van der Waals surface area contributed by atoms with Crippen LogP contribution in [0.25, 0.3) is 22.8 Å². The number of ether oxygens (including phenoxy) is 1. The molecule has 1 aliphatic rings. The van der Waals surface area contributed by atoms with Gasteiger partial charge in [-0.3, -0.25) is 14.0 Å². The maximum absolute atomic E-state index is 13.5. The molecule has 0 aliphatic heterocycles. The quantitative estimate of drug-likeness (QED) is 0.231. The van der Waals surface area contributed by atoms with Crippen molar-refractivity contribution in [3.05, 3.63) is 93.8 Å². The molecule has 8 nitrogen and oxygen atoms in total. The Bertz CT molecular complexity index is 1630. The number of hydrogen-bond donors (Lipinski definition) is 0. The monoisotopic (exact) mass is 496 g/mol. The maximum Gasteiger partial charge on any atom is 0.341 e. The Morgan fingerprint density at radius 1 is 1.08 bits per heavy atom. The average Bonchev–Trinajstić information content (AvgIpc) is 2.93. The van der Waals surface area contributed by atoms with Gasteiger partial charge in [0.15, 0.2) is 5.49 Å². The fraction of sp³-hybridized carbons (Fsp3) is 0.276. The van der Waals surface area contributed by atoms with Crippen LogP contribution in [0.5, 0.6) is 0 Å². The third-order valence-electron chi connectivity index (χ3n) is 6.60. The Balaban J connectivity index is 1.81. The molecule has 5 rings (SSSR count). The van der Waals surface area contributed by atoms with Crippen molar-refractivity contribution >= 4 is 34.6 Å². The Kier molecular flexibility index (Phi) is 7.07. The van der Waals surface area contributed by atoms with Crippen LogP contribution in [0.3, 0.4) is 0 Å². The van der Waals surface area contributed by atoms with Crippen LogP contribution in [0.15, 0.2) is 76.7 Å². The molecule has 1 saturated carbocycles. The lowest BCUT2D eigenvalue weighted by molar-refractivity contribution is -0.113. The molecule has 0 atom stereocenters. The van der Waals surface area contributed by atoms with E-state index in [0.717, 1.165) is 37.7 Å². The normalized spacial score (nSPS) is 15.0. The zero-order chi connectivity index (χ0) is 25.8. The average molecular weight is 497 g/mol. The van der Waals surface area contributed by atoms with Crippen LogP contribution in [0.1, 0.15) is 61.0 Å². The predicted octanol–water partition coefficient (Wildman–Crippen LogP) is 4.47. The zero-order valence-corrected chi connectivity index (χ0v) is 20.7. The second kappa shape index (κ2) is 10.7. The van der Waals surface area contributed by atoms with Gasteiger partial charge >= 0.3 is 5.97 Å². The summed E-state index contributed by atoms with van der Waals surface area (Å²) in [5, 5.41) is 0.281. The third-order valence-corrected chi connectivity index (χ3v) is 6.60. The number of fused-ring (bicyclic) bond motifs is 2. The van der Waals surface area contributed by atoms with Gasteiger partial charge in [-0.2, -0.15) is 4.99 Å². The van der Waals surface area contributed by atoms with E-state index in [2.05, 4.69) is 4.99 Å². The molecule has 1 amide bonds. The summed E-state index contributed by atoms with van der Waals surface area (Å²) >= 11 is 0. The number of hydrogen-bond acceptors (Lipinski definition) is 5. The molecular formula is C29H28N4O4. The summed E-state index contributed by atoms with van der Waals surface area (Å²) in [6, 6.07) is 16.2. The first-order valence-electron chi connectivity index (χ1n) is 12.6. The van der Waals surface area contributed by atoms with E-state index in [1.807, 2.05) is 41.0 Å². The highest BCUT2D eigenvalue weighted by Gasteiger charge is 2.25. The van der Waals surface area contributed by atoms with Gasteiger partial charge < -0.3 is 9.30 Å². The summed E-state index contributed by atoms with van der Waals surface area (Å²) in [5.74, 6) is -1.15. The first kappa shape index (κ1) is 24.4. The molecule has 3 aromatic heterocycles. The number of rotatable bonds is 5. The van der Waals surface area contributed by atoms with Gasteiger partial charge in [-0.05, 0) is 49.6 Å². The zero-order valence-electron chi connectivity index (χ0n) is 20.7. The molecule has 0 N–H and O–H groups in total. The molecule has 0 radical (unpaired) electrons. The van der Waals surface area contributed by atoms with Crippen LogP contribution < -0.4 is 11.0 Å². The summed E-state index contributed by atoms with van der Waals surface area (Å²) in [6.45, 7) is 1.86. The summed E-state index contributed by atoms with van der Waals surface area (Å²) in [7, 11) is 0. The van der Waals surface area contributed by atoms with Crippen molar-refractivity contribution in [1.82, 2.24) is 14.0 Å². The smallest absolute Gasteiger partial charge is 0.341 e. The molecule has 1 fully saturated rings. The maximum atomic E-state index is 13.5. The number of benzene rings is 1. The Hall–Kier alpha value is -4.33. The standard InChI is InChI=1S/C29H28N4O4/c1-2-37-29(36)23-19-22-26(30-24-15-9-10-18-32(24)28(22)35)33(21-13-7-4-8-14-21)27(23)31-25(34)17-16-20-11-5-3-6-12-20/h3,5-6,9-12,15-19,21H,2,4,7-8,13-14H2,1H3/b17-16+,31-27?. The SMILES string of the molecule is CCOC(=O)c1cc2c(=O)n3ccccc3nc2n(C2CCCCC2)c1=NC(=O)/C=C/c1ccccc1. The Morgan fingerprint density at radius 2 is 1.84 bits per heavy atom. The topological polar surface area (TPSA) is 95.0 Å². The van der Waals surface area contributed by atoms with Gasteiger partial charge in [0, 0.05) is 18.3 Å². The first-order valence-corrected chi connectivity index (χ1v) is 12.6. The van der Waals surface area contributed by atoms with E-state index in [1.54, 1.807) is 31.3 Å². The molecule has 0 spiro atoms. The fourth-order valence-corrected chi connectivity index (χ4v) is 4.87. The molecule has 0 saturated heterocycles. The van der Waals surface area contributed by atoms with E-state index in [0.29, 0.717) is 11.3 Å². The summed E-state index contributed by atoms with van der Waals surface area (Å²) in [6.07, 6.45) is 9.47. The fourth-order valence-electron chi connectivity index (χ4n) is 4.87. The van der Waals surface area contributed by atoms with Gasteiger partial charge in [-0.1, -0.05) is 55.7 Å². The molecule has 3 heterocycles. The first-order chi connectivity index (χ1) is 18.1. The molecule has 0 unspecified atom stereocenters. The minimum Gasteiger partial charge on any atom is -0.462 e. The highest BCUT2D eigenvalue weighted by molar-refractivity contribution is 5.96. The van der Waals surface area contributed by atoms with Crippen molar-refractivity contribution in [2.24, 2.45) is 4.99 Å². The number of amides is 1. The number of carbonyl (C=O) groups is 2. The van der Waals surface area contributed by atoms with Gasteiger partial charge in [-0.15, -0.1) is 0 Å². The van der Waals surface area contributed by atoms with Crippen LogP contribution in [0.2, 0.25) is 0 Å². The van der Waals surface area contributed by atoms with E-state index in [1.165, 1.54) is 16.5 Å². The van der Waals surface area contributed by atoms with Crippen molar-refractivity contribution in [1.29, 1.82) is 0 Å². The van der Waals surface area contributed by atoms with Crippen molar-refractivity contribution in [3.8, 4) is 0 Å². The molecular weight excluding hydrogens is 468 g/mol. The van der Waals surface area contributed by atoms with Crippen LogP contribution in [-0.4, -0.2) is 32.4 Å². The molecule has 1 aromatic carbocycles. The minimum atomic E-state index is -0.634. The number of nitrogens with zero attached hydrogens (tertiary/aromatic N) is 4. The second-order valence-corrected chi connectivity index (χ2v) is 9.04. The third kappa shape index (κ3) is 5.00. The summed E-state index contributed by atoms with van der Waals surface area (Å²) in [5.41, 5.74) is 1.71. The number of pyridine rings is 2. The Labute approximate surface area is 213 Å². The predicted molar refractivity (Wildman–Crippen MR) is 141 cm³/mol. The molecule has 4 aromatic rings. The Morgan fingerprint density at radius 3 is 2.59 bits per heavy atom. The lowest BCUT2D eigenvalue weighted by atomic mass is 9.94. The molecule has 8 heteroatoms. The van der Waals surface area contributed by atoms with E-state index >= 15 is 0 Å². The van der Waals surface area contributed by atoms with E-state index in [4.69, 9.17) is 9.72 Å². The van der Waals surface area contributed by atoms with Crippen molar-refractivity contribution in [2.75, 3.05) is 6.61 Å². The van der Waals surface area contributed by atoms with Gasteiger partial charge in [0.25, 0.3) is 11.5 Å². The van der Waals surface area contributed by atoms with E-state index in [9.17, 15) is 14.4 Å². The number of esters is 1. The molecule has 188 valence electrons. The van der Waals surface area contributed by atoms with Gasteiger partial charge in [0.2, 0.25) is 0 Å². The van der Waals surface area contributed by atoms with E-state index < -0.39 is 11.9 Å². The molecule has 1 aliphatic carbocycles. The summed E-state index contributed by atoms with van der Waals surface area (Å²) < 4.78 is 8.60. The van der Waals surface area contributed by atoms with Gasteiger partial charge in [-0.25, -0.2) is 9.78 Å². The number of carbonyl (C=O) groups excluding carboxylic acids is 2. The molecule has 37 heavy (non-hydrogen) atoms. The van der Waals surface area contributed by atoms with Crippen LogP contribution in [0.4, 0.5) is 0 Å². The van der Waals surface area contributed by atoms with Crippen LogP contribution in [0, 0.1) is 0 Å². The lowest BCUT2D eigenvalue weighted by Crippen LogP contribution is -2.35. The van der Waals surface area contributed by atoms with Crippen molar-refractivity contribution in [3.63, 3.8) is 0 Å². The summed E-state index contributed by atoms with van der Waals surface area (Å²) in [4.78, 5) is 48.9.